The Hall–Kier alpha value is -2.43. The molecule has 0 atom stereocenters. The van der Waals surface area contributed by atoms with E-state index in [0.29, 0.717) is 0 Å². The van der Waals surface area contributed by atoms with Gasteiger partial charge in [0.1, 0.15) is 6.61 Å². The van der Waals surface area contributed by atoms with Crippen molar-refractivity contribution in [3.8, 4) is 0 Å². The first-order valence-electron chi connectivity index (χ1n) is 8.74. The number of rotatable bonds is 4. The normalized spacial score (nSPS) is 14.9. The van der Waals surface area contributed by atoms with E-state index in [4.69, 9.17) is 4.74 Å². The van der Waals surface area contributed by atoms with Crippen LogP contribution in [0.15, 0.2) is 29.8 Å². The predicted molar refractivity (Wildman–Crippen MR) is 99.5 cm³/mol. The third-order valence-corrected chi connectivity index (χ3v) is 4.27. The summed E-state index contributed by atoms with van der Waals surface area (Å²) in [5.74, 6) is -1.55. The largest absolute Gasteiger partial charge is 0.461 e. The molecule has 2 amide bonds. The quantitative estimate of drug-likeness (QED) is 0.663. The Morgan fingerprint density at radius 3 is 2.19 bits per heavy atom. The fourth-order valence-electron chi connectivity index (χ4n) is 3.18. The second-order valence-electron chi connectivity index (χ2n) is 8.67. The summed E-state index contributed by atoms with van der Waals surface area (Å²) in [5, 5.41) is 2.12. The number of imide groups is 1. The van der Waals surface area contributed by atoms with Crippen molar-refractivity contribution in [2.45, 2.75) is 65.4 Å². The van der Waals surface area contributed by atoms with Crippen molar-refractivity contribution in [1.29, 1.82) is 0 Å². The molecule has 1 N–H and O–H groups in total. The number of carbonyl (C=O) groups excluding carboxylic acids is 3. The van der Waals surface area contributed by atoms with Gasteiger partial charge in [0, 0.05) is 11.6 Å². The van der Waals surface area contributed by atoms with E-state index in [1.807, 2.05) is 12.1 Å². The highest BCUT2D eigenvalue weighted by atomic mass is 16.5. The molecule has 0 aliphatic carbocycles. The number of amides is 2. The fourth-order valence-corrected chi connectivity index (χ4v) is 3.18. The zero-order valence-corrected chi connectivity index (χ0v) is 16.4. The molecule has 1 aromatic rings. The van der Waals surface area contributed by atoms with Crippen LogP contribution in [-0.4, -0.2) is 17.8 Å². The van der Waals surface area contributed by atoms with Crippen molar-refractivity contribution >= 4 is 17.8 Å². The number of esters is 1. The van der Waals surface area contributed by atoms with E-state index in [1.54, 1.807) is 0 Å². The molecular weight excluding hydrogens is 330 g/mol. The van der Waals surface area contributed by atoms with Crippen LogP contribution in [0.4, 0.5) is 0 Å². The third-order valence-electron chi connectivity index (χ3n) is 4.27. The zero-order valence-electron chi connectivity index (χ0n) is 16.4. The summed E-state index contributed by atoms with van der Waals surface area (Å²) in [5.41, 5.74) is 3.36. The zero-order chi connectivity index (χ0) is 19.7. The van der Waals surface area contributed by atoms with E-state index in [1.165, 1.54) is 11.1 Å². The molecule has 0 saturated carbocycles. The highest BCUT2D eigenvalue weighted by Crippen LogP contribution is 2.36. The van der Waals surface area contributed by atoms with Crippen LogP contribution in [0.5, 0.6) is 0 Å². The number of benzene rings is 1. The molecule has 5 nitrogen and oxygen atoms in total. The Kier molecular flexibility index (Phi) is 5.40. The van der Waals surface area contributed by atoms with E-state index < -0.39 is 17.8 Å². The number of ether oxygens (including phenoxy) is 1. The summed E-state index contributed by atoms with van der Waals surface area (Å²) in [4.78, 5) is 34.8. The van der Waals surface area contributed by atoms with Crippen LogP contribution in [0.1, 0.15) is 64.7 Å². The second-order valence-corrected chi connectivity index (χ2v) is 8.67. The molecule has 1 aliphatic rings. The van der Waals surface area contributed by atoms with Gasteiger partial charge in [0.15, 0.2) is 0 Å². The lowest BCUT2D eigenvalue weighted by Crippen LogP contribution is -2.24. The van der Waals surface area contributed by atoms with Crippen molar-refractivity contribution < 1.29 is 19.1 Å². The maximum Gasteiger partial charge on any atom is 0.310 e. The molecule has 0 saturated heterocycles. The van der Waals surface area contributed by atoms with Gasteiger partial charge in [0.05, 0.1) is 6.42 Å². The van der Waals surface area contributed by atoms with Crippen LogP contribution in [0.2, 0.25) is 0 Å². The Bertz CT molecular complexity index is 776. The highest BCUT2D eigenvalue weighted by molar-refractivity contribution is 6.17. The average molecular weight is 357 g/mol. The molecule has 1 aliphatic heterocycles. The minimum absolute atomic E-state index is 0.0320. The molecule has 26 heavy (non-hydrogen) atoms. The first-order valence-corrected chi connectivity index (χ1v) is 8.74. The summed E-state index contributed by atoms with van der Waals surface area (Å²) >= 11 is 0. The van der Waals surface area contributed by atoms with Crippen LogP contribution < -0.4 is 5.32 Å². The van der Waals surface area contributed by atoms with Gasteiger partial charge in [-0.25, -0.2) is 0 Å². The SMILES string of the molecule is CC(C)(C)c1cccc(COC(=O)CC2=CC(=O)NC2=O)c1C(C)(C)C. The summed E-state index contributed by atoms with van der Waals surface area (Å²) in [7, 11) is 0. The molecule has 1 aromatic carbocycles. The number of carbonyl (C=O) groups is 3. The van der Waals surface area contributed by atoms with Gasteiger partial charge in [-0.05, 0) is 27.5 Å². The van der Waals surface area contributed by atoms with Crippen LogP contribution in [0, 0.1) is 0 Å². The molecule has 0 radical (unpaired) electrons. The highest BCUT2D eigenvalue weighted by Gasteiger charge is 2.28. The minimum atomic E-state index is -0.530. The van der Waals surface area contributed by atoms with Crippen molar-refractivity contribution in [3.05, 3.63) is 46.5 Å². The molecule has 2 rings (SSSR count). The van der Waals surface area contributed by atoms with Gasteiger partial charge in [-0.15, -0.1) is 0 Å². The molecule has 0 aromatic heterocycles. The summed E-state index contributed by atoms with van der Waals surface area (Å²) < 4.78 is 5.41. The van der Waals surface area contributed by atoms with Crippen molar-refractivity contribution in [2.75, 3.05) is 0 Å². The maximum atomic E-state index is 12.1. The molecule has 5 heteroatoms. The average Bonchev–Trinajstić information content (AvgIpc) is 2.80. The summed E-state index contributed by atoms with van der Waals surface area (Å²) in [6.45, 7) is 13.0. The molecule has 0 fully saturated rings. The van der Waals surface area contributed by atoms with Gasteiger partial charge in [-0.3, -0.25) is 19.7 Å². The van der Waals surface area contributed by atoms with Crippen LogP contribution in [-0.2, 0) is 36.6 Å². The van der Waals surface area contributed by atoms with Gasteiger partial charge in [0.2, 0.25) is 0 Å². The number of hydrogen-bond donors (Lipinski definition) is 1. The standard InChI is InChI=1S/C21H27NO4/c1-20(2,3)15-9-7-8-13(18(15)21(4,5)6)12-26-17(24)11-14-10-16(23)22-19(14)25/h7-10H,11-12H2,1-6H3,(H,22,23,25). The van der Waals surface area contributed by atoms with Gasteiger partial charge >= 0.3 is 5.97 Å². The molecule has 0 unspecified atom stereocenters. The van der Waals surface area contributed by atoms with Crippen LogP contribution >= 0.6 is 0 Å². The van der Waals surface area contributed by atoms with E-state index in [2.05, 4.69) is 52.9 Å². The lowest BCUT2D eigenvalue weighted by atomic mass is 9.73. The lowest BCUT2D eigenvalue weighted by Gasteiger charge is -2.32. The smallest absolute Gasteiger partial charge is 0.310 e. The first-order chi connectivity index (χ1) is 11.9. The molecule has 0 spiro atoms. The molecule has 140 valence electrons. The van der Waals surface area contributed by atoms with Crippen molar-refractivity contribution in [1.82, 2.24) is 5.32 Å². The predicted octanol–water partition coefficient (Wildman–Crippen LogP) is 3.30. The Labute approximate surface area is 154 Å². The molecular formula is C21H27NO4. The fraction of sp³-hybridized carbons (Fsp3) is 0.476. The monoisotopic (exact) mass is 357 g/mol. The Morgan fingerprint density at radius 2 is 1.69 bits per heavy atom. The molecule has 0 bridgehead atoms. The molecule has 1 heterocycles. The van der Waals surface area contributed by atoms with Crippen LogP contribution in [0.3, 0.4) is 0 Å². The van der Waals surface area contributed by atoms with Gasteiger partial charge in [-0.2, -0.15) is 0 Å². The van der Waals surface area contributed by atoms with Gasteiger partial charge in [0.25, 0.3) is 11.8 Å². The van der Waals surface area contributed by atoms with Gasteiger partial charge in [-0.1, -0.05) is 59.7 Å². The second kappa shape index (κ2) is 7.06. The van der Waals surface area contributed by atoms with Crippen molar-refractivity contribution in [2.24, 2.45) is 0 Å². The number of nitrogens with one attached hydrogen (secondary N) is 1. The minimum Gasteiger partial charge on any atom is -0.461 e. The van der Waals surface area contributed by atoms with Crippen LogP contribution in [0.25, 0.3) is 0 Å². The topological polar surface area (TPSA) is 72.5 Å². The Balaban J connectivity index is 2.19. The van der Waals surface area contributed by atoms with E-state index >= 15 is 0 Å². The van der Waals surface area contributed by atoms with E-state index in [-0.39, 0.29) is 29.4 Å². The summed E-state index contributed by atoms with van der Waals surface area (Å²) in [6.07, 6.45) is 0.936. The van der Waals surface area contributed by atoms with Gasteiger partial charge < -0.3 is 4.74 Å². The van der Waals surface area contributed by atoms with E-state index in [9.17, 15) is 14.4 Å². The lowest BCUT2D eigenvalue weighted by molar-refractivity contribution is -0.144. The number of hydrogen-bond acceptors (Lipinski definition) is 4. The Morgan fingerprint density at radius 1 is 1.04 bits per heavy atom. The first kappa shape index (κ1) is 19.9. The van der Waals surface area contributed by atoms with E-state index in [0.717, 1.165) is 11.6 Å². The maximum absolute atomic E-state index is 12.1. The summed E-state index contributed by atoms with van der Waals surface area (Å²) in [6, 6.07) is 6.06. The van der Waals surface area contributed by atoms with Crippen molar-refractivity contribution in [3.63, 3.8) is 0 Å². The third kappa shape index (κ3) is 4.59.